The zero-order valence-electron chi connectivity index (χ0n) is 10.2. The van der Waals surface area contributed by atoms with E-state index in [1.54, 1.807) is 12.4 Å². The van der Waals surface area contributed by atoms with Crippen molar-refractivity contribution in [1.82, 2.24) is 9.97 Å². The van der Waals surface area contributed by atoms with Crippen LogP contribution in [0.3, 0.4) is 0 Å². The molecule has 1 atom stereocenters. The molecule has 0 saturated carbocycles. The minimum atomic E-state index is -0.00968. The van der Waals surface area contributed by atoms with Gasteiger partial charge in [-0.3, -0.25) is 5.41 Å². The van der Waals surface area contributed by atoms with Gasteiger partial charge in [0.25, 0.3) is 0 Å². The molecule has 92 valence electrons. The first kappa shape index (κ1) is 11.8. The Morgan fingerprint density at radius 1 is 1.35 bits per heavy atom. The second-order valence-electron chi connectivity index (χ2n) is 4.53. The van der Waals surface area contributed by atoms with Crippen LogP contribution in [0, 0.1) is 5.41 Å². The lowest BCUT2D eigenvalue weighted by Crippen LogP contribution is -2.35. The van der Waals surface area contributed by atoms with Gasteiger partial charge in [0.2, 0.25) is 0 Å². The third-order valence-electron chi connectivity index (χ3n) is 3.26. The molecule has 2 heterocycles. The van der Waals surface area contributed by atoms with Gasteiger partial charge in [0.15, 0.2) is 5.82 Å². The molecule has 17 heavy (non-hydrogen) atoms. The van der Waals surface area contributed by atoms with Gasteiger partial charge in [-0.25, -0.2) is 9.97 Å². The molecule has 3 N–H and O–H groups in total. The predicted octanol–water partition coefficient (Wildman–Crippen LogP) is 1.53. The molecule has 5 nitrogen and oxygen atoms in total. The van der Waals surface area contributed by atoms with Gasteiger partial charge >= 0.3 is 0 Å². The highest BCUT2D eigenvalue weighted by molar-refractivity contribution is 5.97. The van der Waals surface area contributed by atoms with Crippen LogP contribution in [0.5, 0.6) is 0 Å². The van der Waals surface area contributed by atoms with Crippen LogP contribution < -0.4 is 10.6 Å². The van der Waals surface area contributed by atoms with Crippen LogP contribution in [0.15, 0.2) is 12.4 Å². The van der Waals surface area contributed by atoms with Crippen LogP contribution >= 0.6 is 0 Å². The van der Waals surface area contributed by atoms with Crippen LogP contribution in [0.25, 0.3) is 0 Å². The minimum absolute atomic E-state index is 0.00968. The highest BCUT2D eigenvalue weighted by atomic mass is 15.2. The van der Waals surface area contributed by atoms with Gasteiger partial charge in [0, 0.05) is 25.0 Å². The monoisotopic (exact) mass is 233 g/mol. The van der Waals surface area contributed by atoms with Gasteiger partial charge in [0.05, 0.1) is 0 Å². The smallest absolute Gasteiger partial charge is 0.158 e. The average molecular weight is 233 g/mol. The van der Waals surface area contributed by atoms with E-state index in [1.807, 2.05) is 0 Å². The molecule has 0 aliphatic carbocycles. The lowest BCUT2D eigenvalue weighted by molar-refractivity contribution is 0.610. The fourth-order valence-corrected chi connectivity index (χ4v) is 2.32. The van der Waals surface area contributed by atoms with E-state index >= 15 is 0 Å². The number of amidine groups is 1. The summed E-state index contributed by atoms with van der Waals surface area (Å²) in [5.74, 6) is 0.749. The van der Waals surface area contributed by atoms with Crippen molar-refractivity contribution in [3.05, 3.63) is 18.1 Å². The lowest BCUT2D eigenvalue weighted by Gasteiger charge is -2.29. The van der Waals surface area contributed by atoms with Crippen molar-refractivity contribution >= 4 is 11.7 Å². The first-order chi connectivity index (χ1) is 8.20. The molecule has 1 aliphatic rings. The van der Waals surface area contributed by atoms with E-state index in [1.165, 1.54) is 12.8 Å². The number of hydrogen-bond donors (Lipinski definition) is 2. The van der Waals surface area contributed by atoms with Gasteiger partial charge in [-0.2, -0.15) is 0 Å². The molecule has 1 aromatic rings. The summed E-state index contributed by atoms with van der Waals surface area (Å²) >= 11 is 0. The van der Waals surface area contributed by atoms with Gasteiger partial charge < -0.3 is 10.6 Å². The van der Waals surface area contributed by atoms with Gasteiger partial charge in [-0.05, 0) is 19.8 Å². The number of anilines is 1. The molecular formula is C12H19N5. The van der Waals surface area contributed by atoms with Crippen LogP contribution in [0.2, 0.25) is 0 Å². The second kappa shape index (κ2) is 5.12. The Bertz CT molecular complexity index is 404. The van der Waals surface area contributed by atoms with E-state index < -0.39 is 0 Å². The number of rotatable bonds is 2. The van der Waals surface area contributed by atoms with E-state index in [9.17, 15) is 0 Å². The Labute approximate surface area is 102 Å². The topological polar surface area (TPSA) is 78.9 Å². The molecule has 1 fully saturated rings. The summed E-state index contributed by atoms with van der Waals surface area (Å²) in [7, 11) is 0. The highest BCUT2D eigenvalue weighted by Crippen LogP contribution is 2.23. The van der Waals surface area contributed by atoms with Crippen molar-refractivity contribution in [2.45, 2.75) is 38.6 Å². The Balaban J connectivity index is 2.34. The summed E-state index contributed by atoms with van der Waals surface area (Å²) in [5, 5.41) is 7.56. The molecule has 2 rings (SSSR count). The summed E-state index contributed by atoms with van der Waals surface area (Å²) in [6.45, 7) is 3.17. The first-order valence-corrected chi connectivity index (χ1v) is 6.12. The Morgan fingerprint density at radius 3 is 2.88 bits per heavy atom. The van der Waals surface area contributed by atoms with Crippen molar-refractivity contribution in [3.8, 4) is 0 Å². The van der Waals surface area contributed by atoms with E-state index in [2.05, 4.69) is 21.8 Å². The quantitative estimate of drug-likeness (QED) is 0.599. The summed E-state index contributed by atoms with van der Waals surface area (Å²) < 4.78 is 0. The maximum atomic E-state index is 7.56. The Kier molecular flexibility index (Phi) is 3.56. The number of aromatic nitrogens is 2. The molecule has 1 aromatic heterocycles. The summed E-state index contributed by atoms with van der Waals surface area (Å²) in [6.07, 6.45) is 8.10. The number of nitrogens with one attached hydrogen (secondary N) is 1. The molecule has 1 saturated heterocycles. The van der Waals surface area contributed by atoms with Gasteiger partial charge in [-0.1, -0.05) is 12.8 Å². The molecule has 5 heteroatoms. The molecular weight excluding hydrogens is 214 g/mol. The number of nitrogens with two attached hydrogens (primary N) is 1. The van der Waals surface area contributed by atoms with Crippen molar-refractivity contribution in [2.24, 2.45) is 5.73 Å². The third-order valence-corrected chi connectivity index (χ3v) is 3.26. The molecule has 0 bridgehead atoms. The zero-order chi connectivity index (χ0) is 12.3. The molecule has 0 amide bonds. The van der Waals surface area contributed by atoms with Crippen molar-refractivity contribution in [3.63, 3.8) is 0 Å². The Morgan fingerprint density at radius 2 is 2.12 bits per heavy atom. The van der Waals surface area contributed by atoms with Crippen molar-refractivity contribution in [1.29, 1.82) is 5.41 Å². The maximum absolute atomic E-state index is 7.56. The normalized spacial score (nSPS) is 21.0. The van der Waals surface area contributed by atoms with Crippen LogP contribution in [0.4, 0.5) is 5.82 Å². The van der Waals surface area contributed by atoms with Crippen LogP contribution in [-0.4, -0.2) is 28.4 Å². The first-order valence-electron chi connectivity index (χ1n) is 6.12. The predicted molar refractivity (Wildman–Crippen MR) is 68.3 cm³/mol. The standard InChI is InChI=1S/C12H19N5/c1-9-5-3-2-4-8-17(9)12-10(11(13)14)15-6-7-16-12/h6-7,9H,2-5,8H2,1H3,(H3,13,14). The van der Waals surface area contributed by atoms with Crippen LogP contribution in [0.1, 0.15) is 38.3 Å². The average Bonchev–Trinajstić information content (AvgIpc) is 2.54. The molecule has 1 aliphatic heterocycles. The second-order valence-corrected chi connectivity index (χ2v) is 4.53. The number of hydrogen-bond acceptors (Lipinski definition) is 4. The highest BCUT2D eigenvalue weighted by Gasteiger charge is 2.22. The molecule has 0 spiro atoms. The SMILES string of the molecule is CC1CCCCCN1c1nccnc1C(=N)N. The van der Waals surface area contributed by atoms with Gasteiger partial charge in [0.1, 0.15) is 11.5 Å². The van der Waals surface area contributed by atoms with E-state index in [-0.39, 0.29) is 5.84 Å². The van der Waals surface area contributed by atoms with Crippen LogP contribution in [-0.2, 0) is 0 Å². The van der Waals surface area contributed by atoms with E-state index in [4.69, 9.17) is 11.1 Å². The zero-order valence-corrected chi connectivity index (χ0v) is 10.2. The van der Waals surface area contributed by atoms with Crippen molar-refractivity contribution in [2.75, 3.05) is 11.4 Å². The fourth-order valence-electron chi connectivity index (χ4n) is 2.32. The number of nitrogen functional groups attached to an aromatic ring is 1. The lowest BCUT2D eigenvalue weighted by atomic mass is 10.1. The maximum Gasteiger partial charge on any atom is 0.158 e. The largest absolute Gasteiger partial charge is 0.382 e. The number of nitrogens with zero attached hydrogens (tertiary/aromatic N) is 3. The van der Waals surface area contributed by atoms with Crippen molar-refractivity contribution < 1.29 is 0 Å². The van der Waals surface area contributed by atoms with E-state index in [0.29, 0.717) is 11.7 Å². The van der Waals surface area contributed by atoms with Gasteiger partial charge in [-0.15, -0.1) is 0 Å². The summed E-state index contributed by atoms with van der Waals surface area (Å²) in [4.78, 5) is 10.8. The molecule has 0 radical (unpaired) electrons. The van der Waals surface area contributed by atoms with E-state index in [0.717, 1.165) is 25.2 Å². The molecule has 0 aromatic carbocycles. The molecule has 1 unspecified atom stereocenters. The fraction of sp³-hybridized carbons (Fsp3) is 0.583. The minimum Gasteiger partial charge on any atom is -0.382 e. The summed E-state index contributed by atoms with van der Waals surface area (Å²) in [5.41, 5.74) is 6.06. The summed E-state index contributed by atoms with van der Waals surface area (Å²) in [6, 6.07) is 0.437. The third kappa shape index (κ3) is 2.54. The Hall–Kier alpha value is -1.65.